The average molecular weight is 368 g/mol. The third kappa shape index (κ3) is 6.13. The second kappa shape index (κ2) is 10.4. The van der Waals surface area contributed by atoms with Crippen LogP contribution in [-0.4, -0.2) is 31.0 Å². The molecule has 1 heterocycles. The van der Waals surface area contributed by atoms with E-state index in [9.17, 15) is 0 Å². The minimum absolute atomic E-state index is 0.567. The Morgan fingerprint density at radius 1 is 1.15 bits per heavy atom. The van der Waals surface area contributed by atoms with Gasteiger partial charge in [0.25, 0.3) is 0 Å². The summed E-state index contributed by atoms with van der Waals surface area (Å²) in [4.78, 5) is 9.26. The predicted octanol–water partition coefficient (Wildman–Crippen LogP) is 4.65. The van der Waals surface area contributed by atoms with Crippen molar-refractivity contribution in [3.63, 3.8) is 0 Å². The van der Waals surface area contributed by atoms with Crippen molar-refractivity contribution >= 4 is 5.71 Å². The van der Waals surface area contributed by atoms with Crippen LogP contribution in [0.25, 0.3) is 0 Å². The molecular formula is C22H28N2O3. The lowest BCUT2D eigenvalue weighted by Crippen LogP contribution is -2.06. The van der Waals surface area contributed by atoms with Crippen LogP contribution in [0.1, 0.15) is 36.2 Å². The first-order valence-electron chi connectivity index (χ1n) is 9.06. The quantitative estimate of drug-likeness (QED) is 0.367. The summed E-state index contributed by atoms with van der Waals surface area (Å²) in [6, 6.07) is 8.01. The fraction of sp³-hybridized carbons (Fsp3) is 0.364. The molecule has 2 aromatic rings. The molecule has 0 aliphatic heterocycles. The summed E-state index contributed by atoms with van der Waals surface area (Å²) < 4.78 is 11.7. The van der Waals surface area contributed by atoms with Gasteiger partial charge in [0.2, 0.25) is 0 Å². The number of oxime groups is 1. The Kier molecular flexibility index (Phi) is 7.86. The summed E-state index contributed by atoms with van der Waals surface area (Å²) in [5.41, 5.74) is 4.86. The highest BCUT2D eigenvalue weighted by Gasteiger charge is 2.08. The van der Waals surface area contributed by atoms with Crippen LogP contribution in [-0.2, 0) is 11.3 Å². The molecule has 0 fully saturated rings. The Balaban J connectivity index is 1.94. The largest absolute Gasteiger partial charge is 0.493 e. The van der Waals surface area contributed by atoms with Gasteiger partial charge in [-0.05, 0) is 63.1 Å². The number of pyridine rings is 1. The van der Waals surface area contributed by atoms with Crippen molar-refractivity contribution in [2.24, 2.45) is 5.16 Å². The van der Waals surface area contributed by atoms with Crippen molar-refractivity contribution in [3.05, 3.63) is 65.0 Å². The summed E-state index contributed by atoms with van der Waals surface area (Å²) in [6.45, 7) is 9.09. The lowest BCUT2D eigenvalue weighted by Gasteiger charge is -2.14. The molecule has 0 aliphatic rings. The summed E-state index contributed by atoms with van der Waals surface area (Å²) in [5.74, 6) is 1.77. The van der Waals surface area contributed by atoms with E-state index >= 15 is 0 Å². The zero-order chi connectivity index (χ0) is 19.6. The van der Waals surface area contributed by atoms with Gasteiger partial charge in [0.05, 0.1) is 12.3 Å². The van der Waals surface area contributed by atoms with Crippen molar-refractivity contribution in [3.8, 4) is 11.5 Å². The maximum Gasteiger partial charge on any atom is 0.125 e. The zero-order valence-electron chi connectivity index (χ0n) is 16.8. The van der Waals surface area contributed by atoms with Crippen molar-refractivity contribution in [2.75, 3.05) is 20.3 Å². The molecule has 144 valence electrons. The maximum absolute atomic E-state index is 6.02. The van der Waals surface area contributed by atoms with Crippen LogP contribution in [0.15, 0.2) is 47.8 Å². The second-order valence-corrected chi connectivity index (χ2v) is 6.26. The second-order valence-electron chi connectivity index (χ2n) is 6.26. The lowest BCUT2D eigenvalue weighted by atomic mass is 10.1. The van der Waals surface area contributed by atoms with E-state index in [1.54, 1.807) is 6.20 Å². The van der Waals surface area contributed by atoms with Crippen LogP contribution < -0.4 is 9.47 Å². The average Bonchev–Trinajstić information content (AvgIpc) is 2.65. The SMILES string of the molecule is C/C=C/COc1cc(C)c(OCCc2ccc(C(C)=NOC)cn2)c(C)c1. The Morgan fingerprint density at radius 2 is 1.89 bits per heavy atom. The van der Waals surface area contributed by atoms with Gasteiger partial charge in [0.15, 0.2) is 0 Å². The molecule has 1 aromatic carbocycles. The predicted molar refractivity (Wildman–Crippen MR) is 109 cm³/mol. The molecule has 0 radical (unpaired) electrons. The number of allylic oxidation sites excluding steroid dienone is 1. The van der Waals surface area contributed by atoms with Crippen LogP contribution in [0.2, 0.25) is 0 Å². The van der Waals surface area contributed by atoms with Crippen molar-refractivity contribution in [1.29, 1.82) is 0 Å². The third-order valence-corrected chi connectivity index (χ3v) is 4.09. The van der Waals surface area contributed by atoms with Gasteiger partial charge in [0.1, 0.15) is 25.2 Å². The number of rotatable bonds is 9. The number of nitrogens with zero attached hydrogens (tertiary/aromatic N) is 2. The van der Waals surface area contributed by atoms with Gasteiger partial charge in [-0.15, -0.1) is 0 Å². The molecule has 27 heavy (non-hydrogen) atoms. The molecule has 0 N–H and O–H groups in total. The highest BCUT2D eigenvalue weighted by molar-refractivity contribution is 5.97. The molecule has 1 aromatic heterocycles. The Bertz CT molecular complexity index is 773. The summed E-state index contributed by atoms with van der Waals surface area (Å²) >= 11 is 0. The molecule has 0 unspecified atom stereocenters. The Morgan fingerprint density at radius 3 is 2.48 bits per heavy atom. The van der Waals surface area contributed by atoms with Gasteiger partial charge < -0.3 is 14.3 Å². The monoisotopic (exact) mass is 368 g/mol. The smallest absolute Gasteiger partial charge is 0.125 e. The number of hydrogen-bond donors (Lipinski definition) is 0. The molecule has 0 bridgehead atoms. The van der Waals surface area contributed by atoms with E-state index in [1.807, 2.05) is 64.1 Å². The molecule has 0 atom stereocenters. The first-order chi connectivity index (χ1) is 13.0. The molecule has 0 saturated carbocycles. The van der Waals surface area contributed by atoms with Gasteiger partial charge in [0, 0.05) is 23.9 Å². The van der Waals surface area contributed by atoms with Gasteiger partial charge in [-0.3, -0.25) is 4.98 Å². The minimum atomic E-state index is 0.567. The van der Waals surface area contributed by atoms with E-state index in [-0.39, 0.29) is 0 Å². The minimum Gasteiger partial charge on any atom is -0.493 e. The van der Waals surface area contributed by atoms with Crippen molar-refractivity contribution in [2.45, 2.75) is 34.1 Å². The van der Waals surface area contributed by atoms with Crippen LogP contribution in [0, 0.1) is 13.8 Å². The van der Waals surface area contributed by atoms with E-state index in [2.05, 4.69) is 10.1 Å². The molecule has 2 rings (SSSR count). The molecular weight excluding hydrogens is 340 g/mol. The maximum atomic E-state index is 6.02. The van der Waals surface area contributed by atoms with Gasteiger partial charge >= 0.3 is 0 Å². The van der Waals surface area contributed by atoms with E-state index < -0.39 is 0 Å². The summed E-state index contributed by atoms with van der Waals surface area (Å²) in [6.07, 6.45) is 6.50. The fourth-order valence-corrected chi connectivity index (χ4v) is 2.70. The molecule has 0 aliphatic carbocycles. The number of hydrogen-bond acceptors (Lipinski definition) is 5. The van der Waals surface area contributed by atoms with E-state index in [0.717, 1.165) is 46.0 Å². The number of aryl methyl sites for hydroxylation is 2. The number of ether oxygens (including phenoxy) is 2. The first-order valence-corrected chi connectivity index (χ1v) is 9.06. The Hall–Kier alpha value is -2.82. The molecule has 0 amide bonds. The van der Waals surface area contributed by atoms with Crippen LogP contribution in [0.5, 0.6) is 11.5 Å². The molecule has 0 spiro atoms. The molecule has 5 nitrogen and oxygen atoms in total. The highest BCUT2D eigenvalue weighted by atomic mass is 16.6. The third-order valence-electron chi connectivity index (χ3n) is 4.09. The summed E-state index contributed by atoms with van der Waals surface area (Å²) in [5, 5.41) is 3.91. The summed E-state index contributed by atoms with van der Waals surface area (Å²) in [7, 11) is 1.54. The topological polar surface area (TPSA) is 52.9 Å². The highest BCUT2D eigenvalue weighted by Crippen LogP contribution is 2.28. The fourth-order valence-electron chi connectivity index (χ4n) is 2.70. The van der Waals surface area contributed by atoms with E-state index in [4.69, 9.17) is 14.3 Å². The normalized spacial score (nSPS) is 11.7. The van der Waals surface area contributed by atoms with E-state index in [1.165, 1.54) is 7.11 Å². The number of aromatic nitrogens is 1. The van der Waals surface area contributed by atoms with Crippen LogP contribution >= 0.6 is 0 Å². The van der Waals surface area contributed by atoms with Crippen molar-refractivity contribution in [1.82, 2.24) is 4.98 Å². The van der Waals surface area contributed by atoms with Crippen LogP contribution in [0.4, 0.5) is 0 Å². The standard InChI is InChI=1S/C22H28N2O3/c1-6-7-11-26-21-13-16(2)22(17(3)14-21)27-12-10-20-9-8-19(15-23-20)18(4)24-25-5/h6-9,13-15H,10-12H2,1-5H3/b7-6+,24-18?. The lowest BCUT2D eigenvalue weighted by molar-refractivity contribution is 0.213. The zero-order valence-corrected chi connectivity index (χ0v) is 16.8. The first kappa shape index (κ1) is 20.5. The molecule has 0 saturated heterocycles. The van der Waals surface area contributed by atoms with Gasteiger partial charge in [-0.2, -0.15) is 0 Å². The van der Waals surface area contributed by atoms with E-state index in [0.29, 0.717) is 13.2 Å². The number of benzene rings is 1. The Labute approximate surface area is 161 Å². The van der Waals surface area contributed by atoms with Crippen molar-refractivity contribution < 1.29 is 14.3 Å². The van der Waals surface area contributed by atoms with Crippen LogP contribution in [0.3, 0.4) is 0 Å². The van der Waals surface area contributed by atoms with Gasteiger partial charge in [-0.25, -0.2) is 0 Å². The molecule has 5 heteroatoms. The van der Waals surface area contributed by atoms with Gasteiger partial charge in [-0.1, -0.05) is 17.3 Å².